The summed E-state index contributed by atoms with van der Waals surface area (Å²) in [5, 5.41) is 0. The van der Waals surface area contributed by atoms with E-state index < -0.39 is 36.5 Å². The number of carbonyl (C=O) groups excluding carboxylic acids is 2. The maximum absolute atomic E-state index is 11.4. The molecule has 0 bridgehead atoms. The van der Waals surface area contributed by atoms with Gasteiger partial charge in [0.15, 0.2) is 0 Å². The molecule has 0 aliphatic carbocycles. The Balaban J connectivity index is 2.08. The molecule has 0 N–H and O–H groups in total. The van der Waals surface area contributed by atoms with E-state index in [0.717, 1.165) is 5.56 Å². The van der Waals surface area contributed by atoms with Gasteiger partial charge in [-0.1, -0.05) is 36.4 Å². The topological polar surface area (TPSA) is 80.3 Å². The molecule has 148 valence electrons. The van der Waals surface area contributed by atoms with Crippen molar-refractivity contribution < 1.29 is 33.3 Å². The van der Waals surface area contributed by atoms with Gasteiger partial charge in [-0.3, -0.25) is 9.59 Å². The molecule has 0 unspecified atom stereocenters. The molecule has 0 aromatic heterocycles. The first kappa shape index (κ1) is 21.1. The highest BCUT2D eigenvalue weighted by molar-refractivity contribution is 5.66. The number of rotatable bonds is 9. The fraction of sp³-hybridized carbons (Fsp3) is 0.500. The van der Waals surface area contributed by atoms with Crippen LogP contribution in [0.1, 0.15) is 25.8 Å². The summed E-state index contributed by atoms with van der Waals surface area (Å²) in [7, 11) is 0. The zero-order valence-corrected chi connectivity index (χ0v) is 15.7. The zero-order valence-electron chi connectivity index (χ0n) is 15.7. The standard InChI is InChI=1S/C20H26O7/c1-4-10-23-18-11-17(25-12-16-8-6-5-7-9-16)19(13-24-14(2)21)27-20(18)26-15(3)22/h4-9,17-20H,1,10-13H2,2-3H3/t17-,18+,19+,20-/m0/s1. The summed E-state index contributed by atoms with van der Waals surface area (Å²) in [6.07, 6.45) is -0.363. The molecule has 7 heteroatoms. The molecular weight excluding hydrogens is 352 g/mol. The maximum Gasteiger partial charge on any atom is 0.305 e. The van der Waals surface area contributed by atoms with Crippen LogP contribution in [0, 0.1) is 0 Å². The first-order chi connectivity index (χ1) is 13.0. The van der Waals surface area contributed by atoms with E-state index in [1.165, 1.54) is 13.8 Å². The highest BCUT2D eigenvalue weighted by Gasteiger charge is 2.41. The minimum Gasteiger partial charge on any atom is -0.463 e. The van der Waals surface area contributed by atoms with Gasteiger partial charge < -0.3 is 23.7 Å². The highest BCUT2D eigenvalue weighted by Crippen LogP contribution is 2.27. The van der Waals surface area contributed by atoms with Crippen molar-refractivity contribution in [3.05, 3.63) is 48.6 Å². The number of benzene rings is 1. The quantitative estimate of drug-likeness (QED) is 0.482. The van der Waals surface area contributed by atoms with Crippen molar-refractivity contribution in [3.63, 3.8) is 0 Å². The predicted molar refractivity (Wildman–Crippen MR) is 96.6 cm³/mol. The zero-order chi connectivity index (χ0) is 19.6. The Morgan fingerprint density at radius 1 is 1.15 bits per heavy atom. The average Bonchev–Trinajstić information content (AvgIpc) is 2.64. The molecule has 1 saturated heterocycles. The van der Waals surface area contributed by atoms with Gasteiger partial charge in [0.1, 0.15) is 18.8 Å². The van der Waals surface area contributed by atoms with Crippen molar-refractivity contribution in [2.75, 3.05) is 13.2 Å². The summed E-state index contributed by atoms with van der Waals surface area (Å²) in [6.45, 7) is 6.90. The van der Waals surface area contributed by atoms with Crippen LogP contribution in [0.2, 0.25) is 0 Å². The Bertz CT molecular complexity index is 616. The minimum atomic E-state index is -0.903. The van der Waals surface area contributed by atoms with Crippen LogP contribution < -0.4 is 0 Å². The summed E-state index contributed by atoms with van der Waals surface area (Å²) in [4.78, 5) is 22.6. The number of ether oxygens (including phenoxy) is 5. The second kappa shape index (κ2) is 10.8. The SMILES string of the molecule is C=CCO[C@@H]1C[C@H](OCc2ccccc2)[C@@H](COC(C)=O)O[C@@H]1OC(C)=O. The smallest absolute Gasteiger partial charge is 0.305 e. The summed E-state index contributed by atoms with van der Waals surface area (Å²) in [5.74, 6) is -0.906. The largest absolute Gasteiger partial charge is 0.463 e. The molecule has 4 atom stereocenters. The Morgan fingerprint density at radius 2 is 1.89 bits per heavy atom. The minimum absolute atomic E-state index is 0.000727. The molecular formula is C20H26O7. The van der Waals surface area contributed by atoms with Crippen molar-refractivity contribution >= 4 is 11.9 Å². The Hall–Kier alpha value is -2.22. The third-order valence-corrected chi connectivity index (χ3v) is 3.96. The summed E-state index contributed by atoms with van der Waals surface area (Å²) < 4.78 is 27.9. The van der Waals surface area contributed by atoms with Crippen LogP contribution in [0.5, 0.6) is 0 Å². The maximum atomic E-state index is 11.4. The second-order valence-electron chi connectivity index (χ2n) is 6.19. The highest BCUT2D eigenvalue weighted by atomic mass is 16.7. The monoisotopic (exact) mass is 378 g/mol. The van der Waals surface area contributed by atoms with Gasteiger partial charge >= 0.3 is 11.9 Å². The first-order valence-electron chi connectivity index (χ1n) is 8.83. The lowest BCUT2D eigenvalue weighted by Crippen LogP contribution is -2.52. The number of hydrogen-bond acceptors (Lipinski definition) is 7. The molecule has 0 amide bonds. The molecule has 7 nitrogen and oxygen atoms in total. The first-order valence-corrected chi connectivity index (χ1v) is 8.83. The van der Waals surface area contributed by atoms with Crippen LogP contribution in [-0.2, 0) is 39.9 Å². The summed E-state index contributed by atoms with van der Waals surface area (Å²) in [6, 6.07) is 9.70. The second-order valence-corrected chi connectivity index (χ2v) is 6.19. The number of carbonyl (C=O) groups is 2. The van der Waals surface area contributed by atoms with E-state index in [1.54, 1.807) is 6.08 Å². The molecule has 1 heterocycles. The van der Waals surface area contributed by atoms with Crippen LogP contribution in [0.4, 0.5) is 0 Å². The molecule has 0 radical (unpaired) electrons. The van der Waals surface area contributed by atoms with E-state index in [2.05, 4.69) is 6.58 Å². The molecule has 27 heavy (non-hydrogen) atoms. The van der Waals surface area contributed by atoms with Gasteiger partial charge in [0.25, 0.3) is 0 Å². The van der Waals surface area contributed by atoms with E-state index >= 15 is 0 Å². The lowest BCUT2D eigenvalue weighted by molar-refractivity contribution is -0.276. The van der Waals surface area contributed by atoms with Gasteiger partial charge in [0.2, 0.25) is 6.29 Å². The van der Waals surface area contributed by atoms with E-state index in [9.17, 15) is 9.59 Å². The Kier molecular flexibility index (Phi) is 8.44. The van der Waals surface area contributed by atoms with Gasteiger partial charge in [-0.25, -0.2) is 0 Å². The van der Waals surface area contributed by atoms with Crippen LogP contribution in [0.25, 0.3) is 0 Å². The van der Waals surface area contributed by atoms with Crippen molar-refractivity contribution in [2.45, 2.75) is 51.5 Å². The van der Waals surface area contributed by atoms with E-state index in [1.807, 2.05) is 30.3 Å². The third kappa shape index (κ3) is 7.13. The van der Waals surface area contributed by atoms with Gasteiger partial charge in [-0.2, -0.15) is 0 Å². The van der Waals surface area contributed by atoms with Crippen molar-refractivity contribution in [2.24, 2.45) is 0 Å². The van der Waals surface area contributed by atoms with E-state index in [-0.39, 0.29) is 13.2 Å². The summed E-state index contributed by atoms with van der Waals surface area (Å²) in [5.41, 5.74) is 1.01. The molecule has 1 aromatic carbocycles. The lowest BCUT2D eigenvalue weighted by atomic mass is 10.0. The van der Waals surface area contributed by atoms with Crippen molar-refractivity contribution in [1.82, 2.24) is 0 Å². The van der Waals surface area contributed by atoms with Crippen LogP contribution in [0.15, 0.2) is 43.0 Å². The number of esters is 2. The lowest BCUT2D eigenvalue weighted by Gasteiger charge is -2.40. The van der Waals surface area contributed by atoms with Gasteiger partial charge in [-0.05, 0) is 5.56 Å². The molecule has 0 spiro atoms. The van der Waals surface area contributed by atoms with Gasteiger partial charge in [0.05, 0.1) is 19.3 Å². The predicted octanol–water partition coefficient (Wildman–Crippen LogP) is 2.38. The van der Waals surface area contributed by atoms with Crippen molar-refractivity contribution in [1.29, 1.82) is 0 Å². The van der Waals surface area contributed by atoms with Gasteiger partial charge in [0, 0.05) is 20.3 Å². The fourth-order valence-electron chi connectivity index (χ4n) is 2.74. The fourth-order valence-corrected chi connectivity index (χ4v) is 2.74. The van der Waals surface area contributed by atoms with Crippen LogP contribution in [-0.4, -0.2) is 49.8 Å². The van der Waals surface area contributed by atoms with E-state index in [0.29, 0.717) is 13.0 Å². The van der Waals surface area contributed by atoms with E-state index in [4.69, 9.17) is 23.7 Å². The molecule has 1 fully saturated rings. The Labute approximate surface area is 159 Å². The van der Waals surface area contributed by atoms with Crippen molar-refractivity contribution in [3.8, 4) is 0 Å². The number of hydrogen-bond donors (Lipinski definition) is 0. The average molecular weight is 378 g/mol. The molecule has 1 aromatic rings. The summed E-state index contributed by atoms with van der Waals surface area (Å²) >= 11 is 0. The van der Waals surface area contributed by atoms with Crippen LogP contribution in [0.3, 0.4) is 0 Å². The normalized spacial score (nSPS) is 24.8. The van der Waals surface area contributed by atoms with Gasteiger partial charge in [-0.15, -0.1) is 6.58 Å². The third-order valence-electron chi connectivity index (χ3n) is 3.96. The molecule has 0 saturated carbocycles. The molecule has 2 rings (SSSR count). The van der Waals surface area contributed by atoms with Crippen LogP contribution >= 0.6 is 0 Å². The molecule has 1 aliphatic heterocycles. The molecule has 1 aliphatic rings. The Morgan fingerprint density at radius 3 is 2.52 bits per heavy atom.